The molecular weight excluding hydrogens is 1340 g/mol. The lowest BCUT2D eigenvalue weighted by Gasteiger charge is -2.21. The summed E-state index contributed by atoms with van der Waals surface area (Å²) in [7, 11) is -9.93. The molecule has 612 valence electrons. The summed E-state index contributed by atoms with van der Waals surface area (Å²) in [5.74, 6) is 0.260. The Bertz CT molecular complexity index is 1990. The van der Waals surface area contributed by atoms with Crippen molar-refractivity contribution in [3.05, 3.63) is 0 Å². The molecule has 3 N–H and O–H groups in total. The molecule has 5 atom stereocenters. The Kier molecular flexibility index (Phi) is 72.8. The van der Waals surface area contributed by atoms with Gasteiger partial charge in [0.25, 0.3) is 0 Å². The molecule has 0 aliphatic rings. The van der Waals surface area contributed by atoms with Gasteiger partial charge in [0.15, 0.2) is 12.2 Å². The zero-order chi connectivity index (χ0) is 75.8. The summed E-state index contributed by atoms with van der Waals surface area (Å²) in [6.07, 6.45) is 63.8. The molecule has 0 rings (SSSR count). The van der Waals surface area contributed by atoms with Crippen LogP contribution in [-0.4, -0.2) is 96.7 Å². The minimum absolute atomic E-state index is 0.107. The second-order valence-corrected chi connectivity index (χ2v) is 34.6. The molecule has 2 unspecified atom stereocenters. The summed E-state index contributed by atoms with van der Waals surface area (Å²) in [5, 5.41) is 10.7. The predicted octanol–water partition coefficient (Wildman–Crippen LogP) is 25.3. The fourth-order valence-electron chi connectivity index (χ4n) is 13.0. The van der Waals surface area contributed by atoms with Crippen LogP contribution in [0.3, 0.4) is 0 Å². The van der Waals surface area contributed by atoms with Crippen LogP contribution in [0.15, 0.2) is 0 Å². The van der Waals surface area contributed by atoms with Crippen molar-refractivity contribution in [2.75, 3.05) is 39.6 Å². The lowest BCUT2D eigenvalue weighted by molar-refractivity contribution is -0.161. The van der Waals surface area contributed by atoms with E-state index in [-0.39, 0.29) is 25.7 Å². The highest BCUT2D eigenvalue weighted by Crippen LogP contribution is 2.45. The minimum Gasteiger partial charge on any atom is -0.462 e. The number of hydrogen-bond acceptors (Lipinski definition) is 15. The smallest absolute Gasteiger partial charge is 0.462 e. The standard InChI is InChI=1S/C84H164O17P2/c1-8-9-10-11-12-13-14-23-31-38-46-53-60-67-83(88)101-80(72-95-82(87)66-59-52-45-40-33-36-43-50-57-64-77(6)7)74-99-103(92,93)97-70-78(85)69-96-102(90,91)98-73-79(100-84(89)68-61-54-47-39-32-27-22-18-16-20-25-29-35-42-49-56-63-76(4)5)71-94-81(86)65-58-51-44-37-30-26-21-17-15-19-24-28-34-41-48-55-62-75(2)3/h75-80,85H,8-74H2,1-7H3,(H,90,91)(H,92,93)/t78-,79-,80-/m1/s1. The third kappa shape index (κ3) is 78.0. The zero-order valence-electron chi connectivity index (χ0n) is 67.8. The van der Waals surface area contributed by atoms with Crippen LogP contribution in [0.5, 0.6) is 0 Å². The van der Waals surface area contributed by atoms with Gasteiger partial charge in [0, 0.05) is 25.7 Å². The van der Waals surface area contributed by atoms with Gasteiger partial charge in [0.05, 0.1) is 26.4 Å². The molecule has 103 heavy (non-hydrogen) atoms. The number of phosphoric ester groups is 2. The second kappa shape index (κ2) is 74.2. The first-order valence-corrected chi connectivity index (χ1v) is 46.3. The molecule has 0 amide bonds. The monoisotopic (exact) mass is 1510 g/mol. The Morgan fingerprint density at radius 2 is 0.447 bits per heavy atom. The third-order valence-corrected chi connectivity index (χ3v) is 21.5. The number of esters is 4. The molecule has 0 aromatic heterocycles. The van der Waals surface area contributed by atoms with Crippen molar-refractivity contribution >= 4 is 39.5 Å². The van der Waals surface area contributed by atoms with Crippen LogP contribution >= 0.6 is 15.6 Å². The number of ether oxygens (including phenoxy) is 4. The molecule has 0 radical (unpaired) electrons. The first kappa shape index (κ1) is 101. The van der Waals surface area contributed by atoms with Crippen molar-refractivity contribution in [2.45, 2.75) is 458 Å². The Morgan fingerprint density at radius 3 is 0.660 bits per heavy atom. The topological polar surface area (TPSA) is 237 Å². The van der Waals surface area contributed by atoms with Crippen LogP contribution in [0, 0.1) is 17.8 Å². The molecule has 0 spiro atoms. The van der Waals surface area contributed by atoms with Crippen molar-refractivity contribution in [3.8, 4) is 0 Å². The summed E-state index contributed by atoms with van der Waals surface area (Å²) in [4.78, 5) is 73.2. The maximum Gasteiger partial charge on any atom is 0.472 e. The van der Waals surface area contributed by atoms with E-state index >= 15 is 0 Å². The maximum atomic E-state index is 13.1. The summed E-state index contributed by atoms with van der Waals surface area (Å²) < 4.78 is 68.8. The molecule has 0 aliphatic carbocycles. The summed E-state index contributed by atoms with van der Waals surface area (Å²) in [6, 6.07) is 0. The lowest BCUT2D eigenvalue weighted by atomic mass is 10.0. The number of phosphoric acid groups is 2. The third-order valence-electron chi connectivity index (χ3n) is 19.6. The van der Waals surface area contributed by atoms with E-state index in [0.717, 1.165) is 108 Å². The molecule has 0 aliphatic heterocycles. The van der Waals surface area contributed by atoms with Gasteiger partial charge in [0.1, 0.15) is 19.3 Å². The molecule has 17 nitrogen and oxygen atoms in total. The summed E-state index contributed by atoms with van der Waals surface area (Å²) >= 11 is 0. The second-order valence-electron chi connectivity index (χ2n) is 31.6. The highest BCUT2D eigenvalue weighted by Gasteiger charge is 2.30. The van der Waals surface area contributed by atoms with Gasteiger partial charge in [0.2, 0.25) is 0 Å². The van der Waals surface area contributed by atoms with E-state index in [1.54, 1.807) is 0 Å². The highest BCUT2D eigenvalue weighted by atomic mass is 31.2. The van der Waals surface area contributed by atoms with Gasteiger partial charge in [-0.05, 0) is 43.4 Å². The van der Waals surface area contributed by atoms with Gasteiger partial charge < -0.3 is 33.8 Å². The average molecular weight is 1510 g/mol. The normalized spacial score (nSPS) is 13.9. The first-order valence-electron chi connectivity index (χ1n) is 43.3. The summed E-state index contributed by atoms with van der Waals surface area (Å²) in [6.45, 7) is 12.0. The maximum absolute atomic E-state index is 13.1. The van der Waals surface area contributed by atoms with Gasteiger partial charge >= 0.3 is 39.5 Å². The summed E-state index contributed by atoms with van der Waals surface area (Å²) in [5.41, 5.74) is 0. The number of rotatable bonds is 82. The fraction of sp³-hybridized carbons (Fsp3) is 0.952. The van der Waals surface area contributed by atoms with Crippen LogP contribution in [0.4, 0.5) is 0 Å². The lowest BCUT2D eigenvalue weighted by Crippen LogP contribution is -2.30. The van der Waals surface area contributed by atoms with Crippen LogP contribution in [0.2, 0.25) is 0 Å². The number of aliphatic hydroxyl groups excluding tert-OH is 1. The number of hydrogen-bond donors (Lipinski definition) is 3. The van der Waals surface area contributed by atoms with Crippen LogP contribution < -0.4 is 0 Å². The fourth-order valence-corrected chi connectivity index (χ4v) is 14.6. The number of carbonyl (C=O) groups excluding carboxylic acids is 4. The van der Waals surface area contributed by atoms with Crippen molar-refractivity contribution in [1.29, 1.82) is 0 Å². The average Bonchev–Trinajstić information content (AvgIpc) is 0.906. The molecule has 19 heteroatoms. The zero-order valence-corrected chi connectivity index (χ0v) is 69.6. The van der Waals surface area contributed by atoms with E-state index in [1.807, 2.05) is 0 Å². The van der Waals surface area contributed by atoms with E-state index < -0.39 is 97.5 Å². The molecule has 0 heterocycles. The SMILES string of the molecule is CCCCCCCCCCCCCCCC(=O)O[C@H](COC(=O)CCCCCCCCCCCC(C)C)COP(=O)(O)OC[C@H](O)COP(=O)(O)OC[C@@H](COC(=O)CCCCCCCCCCCCCCCCCCC(C)C)OC(=O)CCCCCCCCCCCCCCCCCCC(C)C. The predicted molar refractivity (Wildman–Crippen MR) is 423 cm³/mol. The molecule has 0 saturated carbocycles. The molecule has 0 aromatic carbocycles. The van der Waals surface area contributed by atoms with E-state index in [1.165, 1.54) is 250 Å². The van der Waals surface area contributed by atoms with Gasteiger partial charge in [-0.3, -0.25) is 37.3 Å². The van der Waals surface area contributed by atoms with E-state index in [9.17, 15) is 43.2 Å². The van der Waals surface area contributed by atoms with Gasteiger partial charge in [-0.15, -0.1) is 0 Å². The molecule has 0 aromatic rings. The van der Waals surface area contributed by atoms with E-state index in [0.29, 0.717) is 25.7 Å². The van der Waals surface area contributed by atoms with E-state index in [2.05, 4.69) is 48.5 Å². The number of aliphatic hydroxyl groups is 1. The molecule has 0 fully saturated rings. The Balaban J connectivity index is 5.25. The quantitative estimate of drug-likeness (QED) is 0.0222. The minimum atomic E-state index is -4.97. The van der Waals surface area contributed by atoms with Crippen molar-refractivity contribution in [2.24, 2.45) is 17.8 Å². The Labute approximate surface area is 632 Å². The Morgan fingerprint density at radius 1 is 0.262 bits per heavy atom. The highest BCUT2D eigenvalue weighted by molar-refractivity contribution is 7.47. The van der Waals surface area contributed by atoms with Crippen molar-refractivity contribution < 1.29 is 80.2 Å². The largest absolute Gasteiger partial charge is 0.472 e. The molecule has 0 bridgehead atoms. The van der Waals surface area contributed by atoms with Crippen molar-refractivity contribution in [3.63, 3.8) is 0 Å². The van der Waals surface area contributed by atoms with Gasteiger partial charge in [-0.1, -0.05) is 389 Å². The van der Waals surface area contributed by atoms with Gasteiger partial charge in [-0.2, -0.15) is 0 Å². The number of carbonyl (C=O) groups is 4. The first-order chi connectivity index (χ1) is 49.7. The van der Waals surface area contributed by atoms with E-state index in [4.69, 9.17) is 37.0 Å². The van der Waals surface area contributed by atoms with Crippen LogP contribution in [0.25, 0.3) is 0 Å². The van der Waals surface area contributed by atoms with Crippen LogP contribution in [-0.2, 0) is 65.4 Å². The Hall–Kier alpha value is -1.94. The van der Waals surface area contributed by atoms with Crippen LogP contribution in [0.1, 0.15) is 440 Å². The molecule has 0 saturated heterocycles. The van der Waals surface area contributed by atoms with Crippen molar-refractivity contribution in [1.82, 2.24) is 0 Å². The molecular formula is C84H164O17P2. The van der Waals surface area contributed by atoms with Gasteiger partial charge in [-0.25, -0.2) is 9.13 Å². The number of unbranched alkanes of at least 4 members (excludes halogenated alkanes) is 50.